The van der Waals surface area contributed by atoms with Crippen LogP contribution in [0.4, 0.5) is 5.13 Å². The molecule has 0 aliphatic heterocycles. The van der Waals surface area contributed by atoms with Gasteiger partial charge in [0.05, 0.1) is 5.69 Å². The minimum absolute atomic E-state index is 0.0112. The summed E-state index contributed by atoms with van der Waals surface area (Å²) >= 11 is 1.43. The molecule has 0 aromatic carbocycles. The van der Waals surface area contributed by atoms with Gasteiger partial charge in [-0.3, -0.25) is 10.1 Å². The molecule has 0 aliphatic carbocycles. The highest BCUT2D eigenvalue weighted by Gasteiger charge is 2.19. The zero-order valence-electron chi connectivity index (χ0n) is 10.9. The maximum Gasteiger partial charge on any atom is 0.293 e. The summed E-state index contributed by atoms with van der Waals surface area (Å²) in [6.45, 7) is 6.27. The number of nitrogens with one attached hydrogen (secondary N) is 1. The second kappa shape index (κ2) is 4.53. The van der Waals surface area contributed by atoms with Gasteiger partial charge in [0.25, 0.3) is 5.91 Å². The first-order valence-corrected chi connectivity index (χ1v) is 6.50. The molecule has 0 spiro atoms. The summed E-state index contributed by atoms with van der Waals surface area (Å²) in [7, 11) is 1.78. The molecule has 96 valence electrons. The molecule has 5 nitrogen and oxygen atoms in total. The highest BCUT2D eigenvalue weighted by molar-refractivity contribution is 7.14. The molecule has 18 heavy (non-hydrogen) atoms. The molecule has 6 heteroatoms. The number of hydrogen-bond donors (Lipinski definition) is 1. The number of anilines is 1. The van der Waals surface area contributed by atoms with Crippen LogP contribution < -0.4 is 5.32 Å². The van der Waals surface area contributed by atoms with Crippen molar-refractivity contribution in [1.82, 2.24) is 14.5 Å². The first-order chi connectivity index (χ1) is 8.38. The standard InChI is InChI=1S/C12H16N4OS/c1-12(2,3)8-7-18-11(14-8)15-10(17)9-13-5-6-16(9)4/h5-7H,1-4H3,(H,14,15,17). The summed E-state index contributed by atoms with van der Waals surface area (Å²) in [6, 6.07) is 0. The van der Waals surface area contributed by atoms with Crippen molar-refractivity contribution in [2.45, 2.75) is 26.2 Å². The van der Waals surface area contributed by atoms with Crippen LogP contribution in [0, 0.1) is 0 Å². The number of amides is 1. The third-order valence-corrected chi connectivity index (χ3v) is 3.28. The average molecular weight is 264 g/mol. The molecule has 0 atom stereocenters. The van der Waals surface area contributed by atoms with E-state index in [-0.39, 0.29) is 11.3 Å². The van der Waals surface area contributed by atoms with Crippen LogP contribution in [0.15, 0.2) is 17.8 Å². The van der Waals surface area contributed by atoms with Gasteiger partial charge in [-0.15, -0.1) is 11.3 Å². The molecular formula is C12H16N4OS. The number of thiazole rings is 1. The number of imidazole rings is 1. The zero-order chi connectivity index (χ0) is 13.3. The van der Waals surface area contributed by atoms with Gasteiger partial charge in [-0.1, -0.05) is 20.8 Å². The first-order valence-electron chi connectivity index (χ1n) is 5.62. The van der Waals surface area contributed by atoms with Crippen LogP contribution in [0.5, 0.6) is 0 Å². The molecule has 0 unspecified atom stereocenters. The van der Waals surface area contributed by atoms with Crippen molar-refractivity contribution in [3.63, 3.8) is 0 Å². The van der Waals surface area contributed by atoms with Crippen LogP contribution in [-0.2, 0) is 12.5 Å². The number of aromatic nitrogens is 3. The second-order valence-corrected chi connectivity index (χ2v) is 5.96. The van der Waals surface area contributed by atoms with E-state index >= 15 is 0 Å². The summed E-state index contributed by atoms with van der Waals surface area (Å²) < 4.78 is 1.67. The minimum atomic E-state index is -0.239. The van der Waals surface area contributed by atoms with E-state index in [1.54, 1.807) is 24.0 Å². The summed E-state index contributed by atoms with van der Waals surface area (Å²) in [5.74, 6) is 0.139. The Hall–Kier alpha value is -1.69. The number of carbonyl (C=O) groups is 1. The van der Waals surface area contributed by atoms with Gasteiger partial charge in [-0.05, 0) is 0 Å². The lowest BCUT2D eigenvalue weighted by atomic mass is 9.93. The number of hydrogen-bond acceptors (Lipinski definition) is 4. The molecule has 0 bridgehead atoms. The molecule has 2 heterocycles. The third-order valence-electron chi connectivity index (χ3n) is 2.52. The lowest BCUT2D eigenvalue weighted by Crippen LogP contribution is -2.17. The number of nitrogens with zero attached hydrogens (tertiary/aromatic N) is 3. The van der Waals surface area contributed by atoms with Crippen LogP contribution in [0.3, 0.4) is 0 Å². The van der Waals surface area contributed by atoms with Crippen molar-refractivity contribution in [3.05, 3.63) is 29.3 Å². The van der Waals surface area contributed by atoms with Gasteiger partial charge >= 0.3 is 0 Å². The van der Waals surface area contributed by atoms with Gasteiger partial charge in [0.15, 0.2) is 11.0 Å². The monoisotopic (exact) mass is 264 g/mol. The summed E-state index contributed by atoms with van der Waals surface area (Å²) in [5, 5.41) is 5.33. The van der Waals surface area contributed by atoms with Crippen LogP contribution in [0.2, 0.25) is 0 Å². The van der Waals surface area contributed by atoms with Gasteiger partial charge in [0, 0.05) is 30.2 Å². The van der Waals surface area contributed by atoms with Gasteiger partial charge in [0.2, 0.25) is 0 Å². The van der Waals surface area contributed by atoms with Crippen molar-refractivity contribution < 1.29 is 4.79 Å². The molecule has 2 rings (SSSR count). The normalized spacial score (nSPS) is 11.6. The lowest BCUT2D eigenvalue weighted by molar-refractivity contribution is 0.101. The molecule has 1 N–H and O–H groups in total. The molecule has 0 aliphatic rings. The van der Waals surface area contributed by atoms with Crippen molar-refractivity contribution in [1.29, 1.82) is 0 Å². The van der Waals surface area contributed by atoms with Crippen LogP contribution >= 0.6 is 11.3 Å². The Morgan fingerprint density at radius 1 is 1.44 bits per heavy atom. The molecule has 0 saturated carbocycles. The lowest BCUT2D eigenvalue weighted by Gasteiger charge is -2.14. The maximum atomic E-state index is 11.9. The Morgan fingerprint density at radius 2 is 2.17 bits per heavy atom. The molecular weight excluding hydrogens is 248 g/mol. The van der Waals surface area contributed by atoms with E-state index in [9.17, 15) is 4.79 Å². The molecule has 0 radical (unpaired) electrons. The van der Waals surface area contributed by atoms with Crippen molar-refractivity contribution >= 4 is 22.4 Å². The summed E-state index contributed by atoms with van der Waals surface area (Å²) in [6.07, 6.45) is 3.33. The van der Waals surface area contributed by atoms with E-state index < -0.39 is 0 Å². The Morgan fingerprint density at radius 3 is 2.67 bits per heavy atom. The predicted octanol–water partition coefficient (Wildman–Crippen LogP) is 2.43. The van der Waals surface area contributed by atoms with E-state index in [4.69, 9.17) is 0 Å². The Labute approximate surface area is 110 Å². The Kier molecular flexibility index (Phi) is 3.21. The van der Waals surface area contributed by atoms with Crippen molar-refractivity contribution in [2.75, 3.05) is 5.32 Å². The van der Waals surface area contributed by atoms with Gasteiger partial charge in [-0.2, -0.15) is 0 Å². The highest BCUT2D eigenvalue weighted by Crippen LogP contribution is 2.26. The summed E-state index contributed by atoms with van der Waals surface area (Å²) in [4.78, 5) is 20.3. The van der Waals surface area contributed by atoms with Crippen LogP contribution in [0.25, 0.3) is 0 Å². The van der Waals surface area contributed by atoms with E-state index in [2.05, 4.69) is 36.1 Å². The molecule has 0 saturated heterocycles. The van der Waals surface area contributed by atoms with Gasteiger partial charge in [0.1, 0.15) is 0 Å². The minimum Gasteiger partial charge on any atom is -0.330 e. The first kappa shape index (κ1) is 12.8. The largest absolute Gasteiger partial charge is 0.330 e. The SMILES string of the molecule is Cn1ccnc1C(=O)Nc1nc(C(C)(C)C)cs1. The zero-order valence-corrected chi connectivity index (χ0v) is 11.7. The van der Waals surface area contributed by atoms with Crippen LogP contribution in [0.1, 0.15) is 37.1 Å². The van der Waals surface area contributed by atoms with E-state index in [1.807, 2.05) is 5.38 Å². The predicted molar refractivity (Wildman–Crippen MR) is 72.0 cm³/mol. The third kappa shape index (κ3) is 2.59. The average Bonchev–Trinajstić information content (AvgIpc) is 2.85. The van der Waals surface area contributed by atoms with Crippen molar-refractivity contribution in [3.8, 4) is 0 Å². The molecule has 1 amide bonds. The maximum absolute atomic E-state index is 11.9. The topological polar surface area (TPSA) is 59.8 Å². The smallest absolute Gasteiger partial charge is 0.293 e. The van der Waals surface area contributed by atoms with Gasteiger partial charge in [-0.25, -0.2) is 9.97 Å². The van der Waals surface area contributed by atoms with E-state index in [0.717, 1.165) is 5.69 Å². The fourth-order valence-corrected chi connectivity index (χ4v) is 2.35. The number of aryl methyl sites for hydroxylation is 1. The Bertz CT molecular complexity index is 565. The Balaban J connectivity index is 2.13. The van der Waals surface area contributed by atoms with E-state index in [1.165, 1.54) is 11.3 Å². The molecule has 2 aromatic heterocycles. The second-order valence-electron chi connectivity index (χ2n) is 5.10. The molecule has 2 aromatic rings. The van der Waals surface area contributed by atoms with Crippen LogP contribution in [-0.4, -0.2) is 20.4 Å². The van der Waals surface area contributed by atoms with E-state index in [0.29, 0.717) is 11.0 Å². The number of rotatable bonds is 2. The molecule has 0 fully saturated rings. The fraction of sp³-hybridized carbons (Fsp3) is 0.417. The highest BCUT2D eigenvalue weighted by atomic mass is 32.1. The van der Waals surface area contributed by atoms with Gasteiger partial charge < -0.3 is 4.57 Å². The van der Waals surface area contributed by atoms with Crippen molar-refractivity contribution in [2.24, 2.45) is 7.05 Å². The quantitative estimate of drug-likeness (QED) is 0.906. The summed E-state index contributed by atoms with van der Waals surface area (Å²) in [5.41, 5.74) is 0.963. The fourth-order valence-electron chi connectivity index (χ4n) is 1.41. The number of carbonyl (C=O) groups excluding carboxylic acids is 1.